The first-order valence-electron chi connectivity index (χ1n) is 7.40. The summed E-state index contributed by atoms with van der Waals surface area (Å²) in [5.74, 6) is 1.77. The molecule has 0 heterocycles. The summed E-state index contributed by atoms with van der Waals surface area (Å²) in [6.07, 6.45) is 1.05. The molecule has 112 valence electrons. The molecule has 0 saturated heterocycles. The van der Waals surface area contributed by atoms with Crippen molar-refractivity contribution in [3.05, 3.63) is 59.7 Å². The second-order valence-corrected chi connectivity index (χ2v) is 4.87. The zero-order valence-corrected chi connectivity index (χ0v) is 12.8. The predicted octanol–water partition coefficient (Wildman–Crippen LogP) is 3.43. The molecule has 1 N–H and O–H groups in total. The van der Waals surface area contributed by atoms with Gasteiger partial charge in [-0.15, -0.1) is 0 Å². The van der Waals surface area contributed by atoms with Gasteiger partial charge in [0.15, 0.2) is 0 Å². The Morgan fingerprint density at radius 3 is 2.24 bits per heavy atom. The highest BCUT2D eigenvalue weighted by atomic mass is 16.5. The van der Waals surface area contributed by atoms with Gasteiger partial charge in [-0.1, -0.05) is 31.2 Å². The maximum absolute atomic E-state index is 5.71. The minimum absolute atomic E-state index is 0.540. The van der Waals surface area contributed by atoms with E-state index in [0.29, 0.717) is 13.2 Å². The van der Waals surface area contributed by atoms with E-state index in [1.165, 1.54) is 11.1 Å². The number of nitrogens with one attached hydrogen (secondary N) is 1. The van der Waals surface area contributed by atoms with Gasteiger partial charge in [0.25, 0.3) is 0 Å². The molecule has 0 radical (unpaired) electrons. The molecule has 2 aromatic rings. The molecule has 0 bridgehead atoms. The summed E-state index contributed by atoms with van der Waals surface area (Å²) in [5, 5.41) is 3.13. The van der Waals surface area contributed by atoms with Gasteiger partial charge in [0.2, 0.25) is 0 Å². The minimum atomic E-state index is 0.540. The number of hydrogen-bond acceptors (Lipinski definition) is 3. The molecule has 0 aromatic heterocycles. The van der Waals surface area contributed by atoms with Crippen LogP contribution in [-0.4, -0.2) is 20.3 Å². The van der Waals surface area contributed by atoms with Crippen LogP contribution in [0.25, 0.3) is 0 Å². The van der Waals surface area contributed by atoms with Gasteiger partial charge in [-0.05, 0) is 48.9 Å². The summed E-state index contributed by atoms with van der Waals surface area (Å²) in [7, 11) is 1.94. The Morgan fingerprint density at radius 1 is 0.857 bits per heavy atom. The Morgan fingerprint density at radius 2 is 1.57 bits per heavy atom. The molecule has 0 fully saturated rings. The second-order valence-electron chi connectivity index (χ2n) is 4.87. The van der Waals surface area contributed by atoms with Gasteiger partial charge in [0, 0.05) is 6.54 Å². The van der Waals surface area contributed by atoms with Crippen molar-refractivity contribution in [1.82, 2.24) is 5.32 Å². The Kier molecular flexibility index (Phi) is 6.10. The standard InChI is InChI=1S/C18H23NO2/c1-3-15-7-9-17(10-8-15)20-11-12-21-18-6-4-5-16(13-18)14-19-2/h4-10,13,19H,3,11-12,14H2,1-2H3. The molecule has 2 aromatic carbocycles. The number of aryl methyl sites for hydroxylation is 1. The molecule has 0 aliphatic heterocycles. The number of benzene rings is 2. The number of rotatable bonds is 8. The van der Waals surface area contributed by atoms with Crippen molar-refractivity contribution in [1.29, 1.82) is 0 Å². The zero-order chi connectivity index (χ0) is 14.9. The lowest BCUT2D eigenvalue weighted by Crippen LogP contribution is -2.09. The lowest BCUT2D eigenvalue weighted by atomic mass is 10.2. The van der Waals surface area contributed by atoms with Gasteiger partial charge in [-0.2, -0.15) is 0 Å². The molecular formula is C18H23NO2. The lowest BCUT2D eigenvalue weighted by Gasteiger charge is -2.10. The largest absolute Gasteiger partial charge is 0.490 e. The van der Waals surface area contributed by atoms with Crippen molar-refractivity contribution in [2.45, 2.75) is 19.9 Å². The minimum Gasteiger partial charge on any atom is -0.490 e. The van der Waals surface area contributed by atoms with Crippen molar-refractivity contribution in [3.63, 3.8) is 0 Å². The van der Waals surface area contributed by atoms with Gasteiger partial charge in [0.1, 0.15) is 24.7 Å². The van der Waals surface area contributed by atoms with Crippen LogP contribution >= 0.6 is 0 Å². The summed E-state index contributed by atoms with van der Waals surface area (Å²) in [6, 6.07) is 16.3. The Labute approximate surface area is 126 Å². The fourth-order valence-corrected chi connectivity index (χ4v) is 2.09. The van der Waals surface area contributed by atoms with Gasteiger partial charge in [-0.3, -0.25) is 0 Å². The van der Waals surface area contributed by atoms with Crippen molar-refractivity contribution < 1.29 is 9.47 Å². The van der Waals surface area contributed by atoms with Crippen molar-refractivity contribution in [3.8, 4) is 11.5 Å². The first kappa shape index (κ1) is 15.4. The van der Waals surface area contributed by atoms with E-state index in [1.807, 2.05) is 37.4 Å². The molecule has 0 spiro atoms. The highest BCUT2D eigenvalue weighted by Crippen LogP contribution is 2.14. The van der Waals surface area contributed by atoms with Crippen LogP contribution in [0, 0.1) is 0 Å². The average molecular weight is 285 g/mol. The van der Waals surface area contributed by atoms with Crippen LogP contribution < -0.4 is 14.8 Å². The van der Waals surface area contributed by atoms with E-state index >= 15 is 0 Å². The van der Waals surface area contributed by atoms with E-state index in [9.17, 15) is 0 Å². The third kappa shape index (κ3) is 5.12. The number of ether oxygens (including phenoxy) is 2. The third-order valence-corrected chi connectivity index (χ3v) is 3.23. The highest BCUT2D eigenvalue weighted by molar-refractivity contribution is 5.29. The fraction of sp³-hybridized carbons (Fsp3) is 0.333. The maximum atomic E-state index is 5.71. The van der Waals surface area contributed by atoms with Gasteiger partial charge in [0.05, 0.1) is 0 Å². The fourth-order valence-electron chi connectivity index (χ4n) is 2.09. The summed E-state index contributed by atoms with van der Waals surface area (Å²) in [6.45, 7) is 4.07. The molecule has 0 aliphatic rings. The van der Waals surface area contributed by atoms with E-state index < -0.39 is 0 Å². The summed E-state index contributed by atoms with van der Waals surface area (Å²) < 4.78 is 11.4. The van der Waals surface area contributed by atoms with E-state index in [0.717, 1.165) is 24.5 Å². The first-order chi connectivity index (χ1) is 10.3. The van der Waals surface area contributed by atoms with Crippen molar-refractivity contribution in [2.75, 3.05) is 20.3 Å². The molecule has 21 heavy (non-hydrogen) atoms. The van der Waals surface area contributed by atoms with Crippen LogP contribution in [0.2, 0.25) is 0 Å². The van der Waals surface area contributed by atoms with Gasteiger partial charge >= 0.3 is 0 Å². The van der Waals surface area contributed by atoms with Crippen LogP contribution in [0.3, 0.4) is 0 Å². The summed E-state index contributed by atoms with van der Waals surface area (Å²) in [5.41, 5.74) is 2.53. The Balaban J connectivity index is 1.74. The molecule has 2 rings (SSSR count). The Bertz CT molecular complexity index is 537. The molecule has 3 nitrogen and oxygen atoms in total. The van der Waals surface area contributed by atoms with Crippen LogP contribution in [0.4, 0.5) is 0 Å². The zero-order valence-electron chi connectivity index (χ0n) is 12.8. The smallest absolute Gasteiger partial charge is 0.122 e. The van der Waals surface area contributed by atoms with E-state index in [1.54, 1.807) is 0 Å². The van der Waals surface area contributed by atoms with Crippen LogP contribution in [0.15, 0.2) is 48.5 Å². The topological polar surface area (TPSA) is 30.5 Å². The third-order valence-electron chi connectivity index (χ3n) is 3.23. The van der Waals surface area contributed by atoms with E-state index in [-0.39, 0.29) is 0 Å². The van der Waals surface area contributed by atoms with Crippen molar-refractivity contribution in [2.24, 2.45) is 0 Å². The molecule has 0 saturated carbocycles. The van der Waals surface area contributed by atoms with Crippen LogP contribution in [-0.2, 0) is 13.0 Å². The maximum Gasteiger partial charge on any atom is 0.122 e. The summed E-state index contributed by atoms with van der Waals surface area (Å²) in [4.78, 5) is 0. The number of hydrogen-bond donors (Lipinski definition) is 1. The van der Waals surface area contributed by atoms with Gasteiger partial charge in [-0.25, -0.2) is 0 Å². The monoisotopic (exact) mass is 285 g/mol. The van der Waals surface area contributed by atoms with Gasteiger partial charge < -0.3 is 14.8 Å². The van der Waals surface area contributed by atoms with E-state index in [4.69, 9.17) is 9.47 Å². The van der Waals surface area contributed by atoms with Crippen LogP contribution in [0.1, 0.15) is 18.1 Å². The quantitative estimate of drug-likeness (QED) is 0.754. The first-order valence-corrected chi connectivity index (χ1v) is 7.40. The molecule has 0 atom stereocenters. The Hall–Kier alpha value is -2.00. The SMILES string of the molecule is CCc1ccc(OCCOc2cccc(CNC)c2)cc1. The molecule has 0 unspecified atom stereocenters. The second kappa shape index (κ2) is 8.32. The normalized spacial score (nSPS) is 10.4. The molecule has 3 heteroatoms. The van der Waals surface area contributed by atoms with Crippen LogP contribution in [0.5, 0.6) is 11.5 Å². The molecule has 0 aliphatic carbocycles. The van der Waals surface area contributed by atoms with Crippen molar-refractivity contribution >= 4 is 0 Å². The molecule has 0 amide bonds. The molecular weight excluding hydrogens is 262 g/mol. The highest BCUT2D eigenvalue weighted by Gasteiger charge is 1.98. The summed E-state index contributed by atoms with van der Waals surface area (Å²) >= 11 is 0. The predicted molar refractivity (Wildman–Crippen MR) is 86.0 cm³/mol. The lowest BCUT2D eigenvalue weighted by molar-refractivity contribution is 0.217. The van der Waals surface area contributed by atoms with E-state index in [2.05, 4.69) is 30.4 Å². The average Bonchev–Trinajstić information content (AvgIpc) is 2.53.